The molecule has 0 bridgehead atoms. The van der Waals surface area contributed by atoms with E-state index in [1.165, 1.54) is 13.0 Å². The van der Waals surface area contributed by atoms with Gasteiger partial charge in [0.1, 0.15) is 29.2 Å². The van der Waals surface area contributed by atoms with Crippen molar-refractivity contribution in [2.75, 3.05) is 0 Å². The van der Waals surface area contributed by atoms with Crippen LogP contribution in [0.5, 0.6) is 5.75 Å². The third-order valence-electron chi connectivity index (χ3n) is 3.46. The molecular weight excluding hydrogens is 372 g/mol. The summed E-state index contributed by atoms with van der Waals surface area (Å²) in [7, 11) is 0. The first-order valence-corrected chi connectivity index (χ1v) is 9.02. The number of nitrogens with one attached hydrogen (secondary N) is 1. The molecule has 0 radical (unpaired) electrons. The van der Waals surface area contributed by atoms with Gasteiger partial charge in [0.2, 0.25) is 0 Å². The molecule has 28 heavy (non-hydrogen) atoms. The predicted octanol–water partition coefficient (Wildman–Crippen LogP) is 4.36. The van der Waals surface area contributed by atoms with E-state index in [1.807, 2.05) is 0 Å². The van der Waals surface area contributed by atoms with Gasteiger partial charge in [-0.25, -0.2) is 18.4 Å². The van der Waals surface area contributed by atoms with E-state index in [-0.39, 0.29) is 12.2 Å². The largest absolute Gasteiger partial charge is 0.485 e. The van der Waals surface area contributed by atoms with E-state index in [9.17, 15) is 18.4 Å². The minimum atomic E-state index is -0.907. The lowest BCUT2D eigenvalue weighted by Gasteiger charge is -2.30. The van der Waals surface area contributed by atoms with Crippen molar-refractivity contribution in [3.05, 3.63) is 29.8 Å². The smallest absolute Gasteiger partial charge is 0.408 e. The van der Waals surface area contributed by atoms with Gasteiger partial charge in [-0.15, -0.1) is 0 Å². The van der Waals surface area contributed by atoms with Crippen LogP contribution in [0.15, 0.2) is 18.2 Å². The van der Waals surface area contributed by atoms with Crippen molar-refractivity contribution >= 4 is 12.1 Å². The van der Waals surface area contributed by atoms with E-state index >= 15 is 0 Å². The lowest BCUT2D eigenvalue weighted by molar-refractivity contribution is -0.152. The highest BCUT2D eigenvalue weighted by atomic mass is 19.1. The molecule has 1 amide bonds. The molecule has 1 aromatic carbocycles. The van der Waals surface area contributed by atoms with Crippen LogP contribution < -0.4 is 10.1 Å². The molecule has 0 fully saturated rings. The summed E-state index contributed by atoms with van der Waals surface area (Å²) in [5, 5.41) is 2.40. The Kier molecular flexibility index (Phi) is 7.78. The van der Waals surface area contributed by atoms with Gasteiger partial charge in [-0.05, 0) is 60.6 Å². The van der Waals surface area contributed by atoms with Crippen molar-refractivity contribution in [3.8, 4) is 5.75 Å². The van der Waals surface area contributed by atoms with Crippen LogP contribution in [0, 0.1) is 11.6 Å². The summed E-state index contributed by atoms with van der Waals surface area (Å²) < 4.78 is 42.8. The first-order chi connectivity index (χ1) is 12.7. The maximum Gasteiger partial charge on any atom is 0.408 e. The predicted molar refractivity (Wildman–Crippen MR) is 100 cm³/mol. The molecule has 0 unspecified atom stereocenters. The van der Waals surface area contributed by atoms with Crippen molar-refractivity contribution in [2.24, 2.45) is 0 Å². The molecule has 0 aromatic heterocycles. The molecule has 0 heterocycles. The van der Waals surface area contributed by atoms with E-state index in [1.54, 1.807) is 41.5 Å². The number of benzene rings is 1. The first-order valence-electron chi connectivity index (χ1n) is 9.02. The van der Waals surface area contributed by atoms with Gasteiger partial charge < -0.3 is 19.5 Å². The van der Waals surface area contributed by atoms with Crippen molar-refractivity contribution in [3.63, 3.8) is 0 Å². The number of hydrogen-bond acceptors (Lipinski definition) is 5. The standard InChI is InChI=1S/C20H29F2NO5/c1-12(26-17(24)13(2)23-18(25)28-19(3,4)5)11-20(6,7)27-16-9-8-14(21)10-15(16)22/h8-10,12-13H,11H2,1-7H3,(H,23,25)/t12-,13-/m0/s1. The van der Waals surface area contributed by atoms with Gasteiger partial charge in [0.05, 0.1) is 0 Å². The molecule has 0 saturated heterocycles. The Morgan fingerprint density at radius 1 is 1.11 bits per heavy atom. The van der Waals surface area contributed by atoms with Crippen LogP contribution in [-0.2, 0) is 14.3 Å². The zero-order valence-corrected chi connectivity index (χ0v) is 17.4. The molecule has 0 aliphatic heterocycles. The number of hydrogen-bond donors (Lipinski definition) is 1. The fraction of sp³-hybridized carbons (Fsp3) is 0.600. The molecule has 1 N–H and O–H groups in total. The highest BCUT2D eigenvalue weighted by molar-refractivity contribution is 5.81. The van der Waals surface area contributed by atoms with E-state index in [0.29, 0.717) is 0 Å². The van der Waals surface area contributed by atoms with Crippen LogP contribution in [-0.4, -0.2) is 35.4 Å². The summed E-state index contributed by atoms with van der Waals surface area (Å²) in [5.41, 5.74) is -1.57. The monoisotopic (exact) mass is 401 g/mol. The second-order valence-electron chi connectivity index (χ2n) is 8.26. The SMILES string of the molecule is C[C@H](NC(=O)OC(C)(C)C)C(=O)O[C@@H](C)CC(C)(C)Oc1ccc(F)cc1F. The molecule has 2 atom stereocenters. The normalized spacial score (nSPS) is 14.0. The molecule has 6 nitrogen and oxygen atoms in total. The molecule has 0 aliphatic rings. The third-order valence-corrected chi connectivity index (χ3v) is 3.46. The highest BCUT2D eigenvalue weighted by Crippen LogP contribution is 2.26. The molecule has 0 spiro atoms. The Balaban J connectivity index is 2.57. The molecular formula is C20H29F2NO5. The zero-order chi connectivity index (χ0) is 21.7. The fourth-order valence-electron chi connectivity index (χ4n) is 2.47. The van der Waals surface area contributed by atoms with Gasteiger partial charge in [-0.3, -0.25) is 0 Å². The van der Waals surface area contributed by atoms with Crippen LogP contribution in [0.25, 0.3) is 0 Å². The van der Waals surface area contributed by atoms with Gasteiger partial charge >= 0.3 is 12.1 Å². The highest BCUT2D eigenvalue weighted by Gasteiger charge is 2.28. The topological polar surface area (TPSA) is 73.9 Å². The minimum Gasteiger partial charge on any atom is -0.485 e. The van der Waals surface area contributed by atoms with Crippen molar-refractivity contribution in [1.29, 1.82) is 0 Å². The first kappa shape index (κ1) is 23.7. The number of carbonyl (C=O) groups excluding carboxylic acids is 2. The minimum absolute atomic E-state index is 0.0927. The van der Waals surface area contributed by atoms with Gasteiger partial charge in [0.15, 0.2) is 11.6 Å². The number of halogens is 2. The maximum atomic E-state index is 13.8. The molecule has 0 aliphatic carbocycles. The van der Waals surface area contributed by atoms with Crippen molar-refractivity contribution in [1.82, 2.24) is 5.32 Å². The molecule has 8 heteroatoms. The Morgan fingerprint density at radius 3 is 2.25 bits per heavy atom. The number of carbonyl (C=O) groups is 2. The Hall–Kier alpha value is -2.38. The van der Waals surface area contributed by atoms with Gasteiger partial charge in [0.25, 0.3) is 0 Å². The summed E-state index contributed by atoms with van der Waals surface area (Å²) in [6.07, 6.45) is -1.05. The van der Waals surface area contributed by atoms with Crippen LogP contribution >= 0.6 is 0 Å². The Morgan fingerprint density at radius 2 is 1.71 bits per heavy atom. The Labute approximate surface area is 164 Å². The number of amides is 1. The second kappa shape index (κ2) is 9.21. The van der Waals surface area contributed by atoms with Crippen molar-refractivity contribution in [2.45, 2.75) is 78.2 Å². The molecule has 1 aromatic rings. The summed E-state index contributed by atoms with van der Waals surface area (Å²) >= 11 is 0. The third kappa shape index (κ3) is 8.54. The number of alkyl carbamates (subject to hydrolysis) is 1. The number of ether oxygens (including phenoxy) is 3. The van der Waals surface area contributed by atoms with Crippen LogP contribution in [0.3, 0.4) is 0 Å². The second-order valence-corrected chi connectivity index (χ2v) is 8.26. The molecule has 158 valence electrons. The number of rotatable bonds is 7. The molecule has 1 rings (SSSR count). The molecule has 0 saturated carbocycles. The van der Waals surface area contributed by atoms with Crippen LogP contribution in [0.1, 0.15) is 54.9 Å². The average Bonchev–Trinajstić information content (AvgIpc) is 2.47. The van der Waals surface area contributed by atoms with Crippen LogP contribution in [0.4, 0.5) is 13.6 Å². The van der Waals surface area contributed by atoms with Gasteiger partial charge in [-0.1, -0.05) is 0 Å². The lowest BCUT2D eigenvalue weighted by atomic mass is 10.0. The van der Waals surface area contributed by atoms with E-state index in [2.05, 4.69) is 5.32 Å². The average molecular weight is 401 g/mol. The Bertz CT molecular complexity index is 700. The van der Waals surface area contributed by atoms with Gasteiger partial charge in [0, 0.05) is 12.5 Å². The van der Waals surface area contributed by atoms with Crippen molar-refractivity contribution < 1.29 is 32.6 Å². The van der Waals surface area contributed by atoms with Gasteiger partial charge in [-0.2, -0.15) is 0 Å². The number of esters is 1. The summed E-state index contributed by atoms with van der Waals surface area (Å²) in [6, 6.07) is 2.13. The summed E-state index contributed by atoms with van der Waals surface area (Å²) in [4.78, 5) is 23.9. The zero-order valence-electron chi connectivity index (χ0n) is 17.4. The van der Waals surface area contributed by atoms with E-state index < -0.39 is 47.0 Å². The van der Waals surface area contributed by atoms with Crippen LogP contribution in [0.2, 0.25) is 0 Å². The maximum absolute atomic E-state index is 13.8. The summed E-state index contributed by atoms with van der Waals surface area (Å²) in [6.45, 7) is 11.7. The quantitative estimate of drug-likeness (QED) is 0.688. The van der Waals surface area contributed by atoms with E-state index in [4.69, 9.17) is 14.2 Å². The fourth-order valence-corrected chi connectivity index (χ4v) is 2.47. The van der Waals surface area contributed by atoms with E-state index in [0.717, 1.165) is 12.1 Å². The lowest BCUT2D eigenvalue weighted by Crippen LogP contribution is -2.44. The summed E-state index contributed by atoms with van der Waals surface area (Å²) in [5.74, 6) is -2.24.